The molecule has 0 spiro atoms. The van der Waals surface area contributed by atoms with Gasteiger partial charge in [-0.2, -0.15) is 0 Å². The molecule has 0 saturated heterocycles. The van der Waals surface area contributed by atoms with E-state index < -0.39 is 0 Å². The van der Waals surface area contributed by atoms with Crippen molar-refractivity contribution in [2.45, 2.75) is 17.7 Å². The predicted molar refractivity (Wildman–Crippen MR) is 85.8 cm³/mol. The van der Waals surface area contributed by atoms with Crippen molar-refractivity contribution < 1.29 is 4.79 Å². The van der Waals surface area contributed by atoms with E-state index in [4.69, 9.17) is 0 Å². The second kappa shape index (κ2) is 8.23. The number of thioether (sulfide) groups is 1. The fourth-order valence-corrected chi connectivity index (χ4v) is 3.78. The molecule has 0 saturated carbocycles. The summed E-state index contributed by atoms with van der Waals surface area (Å²) in [5.74, 6) is 0.414. The van der Waals surface area contributed by atoms with Crippen molar-refractivity contribution in [1.29, 1.82) is 0 Å². The number of hydrogen-bond donors (Lipinski definition) is 2. The number of amides is 1. The number of hydrogen-bond acceptors (Lipinski definition) is 7. The van der Waals surface area contributed by atoms with Crippen LogP contribution in [-0.4, -0.2) is 34.9 Å². The Hall–Kier alpha value is -1.12. The van der Waals surface area contributed by atoms with Crippen LogP contribution in [0.2, 0.25) is 0 Å². The van der Waals surface area contributed by atoms with Crippen molar-refractivity contribution in [3.8, 4) is 0 Å². The van der Waals surface area contributed by atoms with Crippen LogP contribution in [0, 0.1) is 0 Å². The van der Waals surface area contributed by atoms with Gasteiger partial charge in [0.05, 0.1) is 5.75 Å². The first-order valence-corrected chi connectivity index (χ1v) is 8.95. The van der Waals surface area contributed by atoms with E-state index in [2.05, 4.69) is 38.3 Å². The van der Waals surface area contributed by atoms with Crippen LogP contribution in [0.3, 0.4) is 0 Å². The lowest BCUT2D eigenvalue weighted by Crippen LogP contribution is -2.24. The molecule has 0 atom stereocenters. The highest BCUT2D eigenvalue weighted by Crippen LogP contribution is 2.25. The Balaban J connectivity index is 1.70. The summed E-state index contributed by atoms with van der Waals surface area (Å²) in [5.41, 5.74) is 0. The lowest BCUT2D eigenvalue weighted by molar-refractivity contribution is -0.118. The zero-order valence-electron chi connectivity index (χ0n) is 11.1. The van der Waals surface area contributed by atoms with Gasteiger partial charge in [0, 0.05) is 18.0 Å². The monoisotopic (exact) mass is 328 g/mol. The Morgan fingerprint density at radius 1 is 1.45 bits per heavy atom. The maximum atomic E-state index is 11.3. The molecule has 0 bridgehead atoms. The van der Waals surface area contributed by atoms with Gasteiger partial charge in [-0.05, 0) is 24.8 Å². The van der Waals surface area contributed by atoms with E-state index in [0.717, 1.165) is 22.4 Å². The van der Waals surface area contributed by atoms with Crippen LogP contribution in [0.1, 0.15) is 11.8 Å². The SMILES string of the molecule is CCNC(=O)CSc1nnc(NCCc2cccs2)s1. The standard InChI is InChI=1S/C12H16N4OS3/c1-2-13-10(17)8-19-12-16-15-11(20-12)14-6-5-9-4-3-7-18-9/h3-4,7H,2,5-6,8H2,1H3,(H,13,17)(H,14,15). The van der Waals surface area contributed by atoms with E-state index in [-0.39, 0.29) is 5.91 Å². The van der Waals surface area contributed by atoms with Gasteiger partial charge < -0.3 is 10.6 Å². The Bertz CT molecular complexity index is 527. The van der Waals surface area contributed by atoms with Gasteiger partial charge in [0.15, 0.2) is 4.34 Å². The molecule has 0 aromatic carbocycles. The predicted octanol–water partition coefficient (Wildman–Crippen LogP) is 2.48. The van der Waals surface area contributed by atoms with Crippen LogP contribution in [-0.2, 0) is 11.2 Å². The zero-order chi connectivity index (χ0) is 14.2. The van der Waals surface area contributed by atoms with Crippen LogP contribution in [0.5, 0.6) is 0 Å². The number of carbonyl (C=O) groups excluding carboxylic acids is 1. The topological polar surface area (TPSA) is 66.9 Å². The van der Waals surface area contributed by atoms with Gasteiger partial charge in [-0.1, -0.05) is 29.2 Å². The highest BCUT2D eigenvalue weighted by molar-refractivity contribution is 8.01. The first-order valence-electron chi connectivity index (χ1n) is 6.27. The quantitative estimate of drug-likeness (QED) is 0.729. The lowest BCUT2D eigenvalue weighted by Gasteiger charge is -1.99. The summed E-state index contributed by atoms with van der Waals surface area (Å²) in [6.45, 7) is 3.41. The average Bonchev–Trinajstić information content (AvgIpc) is 3.08. The molecule has 0 aliphatic rings. The molecule has 2 aromatic rings. The van der Waals surface area contributed by atoms with Gasteiger partial charge in [-0.25, -0.2) is 0 Å². The van der Waals surface area contributed by atoms with E-state index in [0.29, 0.717) is 12.3 Å². The minimum absolute atomic E-state index is 0.0277. The summed E-state index contributed by atoms with van der Waals surface area (Å²) in [7, 11) is 0. The van der Waals surface area contributed by atoms with Crippen molar-refractivity contribution in [2.24, 2.45) is 0 Å². The fourth-order valence-electron chi connectivity index (χ4n) is 1.46. The largest absolute Gasteiger partial charge is 0.360 e. The van der Waals surface area contributed by atoms with Gasteiger partial charge in [-0.3, -0.25) is 4.79 Å². The third kappa shape index (κ3) is 5.10. The second-order valence-corrected chi connectivity index (χ2v) is 7.10. The van der Waals surface area contributed by atoms with Crippen molar-refractivity contribution in [3.63, 3.8) is 0 Å². The van der Waals surface area contributed by atoms with Crippen molar-refractivity contribution >= 4 is 45.5 Å². The second-order valence-electron chi connectivity index (χ2n) is 3.87. The lowest BCUT2D eigenvalue weighted by atomic mass is 10.3. The molecule has 20 heavy (non-hydrogen) atoms. The minimum Gasteiger partial charge on any atom is -0.360 e. The molecule has 0 aliphatic carbocycles. The smallest absolute Gasteiger partial charge is 0.230 e. The molecule has 5 nitrogen and oxygen atoms in total. The molecular weight excluding hydrogens is 312 g/mol. The average molecular weight is 328 g/mol. The molecule has 1 amide bonds. The van der Waals surface area contributed by atoms with Crippen LogP contribution in [0.4, 0.5) is 5.13 Å². The van der Waals surface area contributed by atoms with Crippen molar-refractivity contribution in [2.75, 3.05) is 24.2 Å². The van der Waals surface area contributed by atoms with E-state index in [1.54, 1.807) is 11.3 Å². The van der Waals surface area contributed by atoms with Gasteiger partial charge in [0.1, 0.15) is 0 Å². The van der Waals surface area contributed by atoms with E-state index >= 15 is 0 Å². The maximum Gasteiger partial charge on any atom is 0.230 e. The van der Waals surface area contributed by atoms with Crippen LogP contribution < -0.4 is 10.6 Å². The summed E-state index contributed by atoms with van der Waals surface area (Å²) in [5, 5.41) is 17.0. The van der Waals surface area contributed by atoms with E-state index in [1.807, 2.05) is 6.92 Å². The Morgan fingerprint density at radius 3 is 3.10 bits per heavy atom. The molecule has 0 fully saturated rings. The first-order chi connectivity index (χ1) is 9.78. The Morgan fingerprint density at radius 2 is 2.35 bits per heavy atom. The Kier molecular flexibility index (Phi) is 6.28. The molecule has 0 unspecified atom stereocenters. The zero-order valence-corrected chi connectivity index (χ0v) is 13.5. The molecule has 0 aliphatic heterocycles. The van der Waals surface area contributed by atoms with Crippen LogP contribution in [0.15, 0.2) is 21.9 Å². The third-order valence-corrected chi connectivity index (χ3v) is 5.29. The number of rotatable bonds is 8. The molecule has 108 valence electrons. The maximum absolute atomic E-state index is 11.3. The first kappa shape index (κ1) is 15.3. The number of thiophene rings is 1. The number of aromatic nitrogens is 2. The van der Waals surface area contributed by atoms with Crippen LogP contribution >= 0.6 is 34.4 Å². The molecule has 2 N–H and O–H groups in total. The third-order valence-electron chi connectivity index (χ3n) is 2.33. The minimum atomic E-state index is 0.0277. The summed E-state index contributed by atoms with van der Waals surface area (Å²) in [6, 6.07) is 4.18. The highest BCUT2D eigenvalue weighted by atomic mass is 32.2. The van der Waals surface area contributed by atoms with Gasteiger partial charge >= 0.3 is 0 Å². The molecule has 2 aromatic heterocycles. The molecule has 0 radical (unpaired) electrons. The van der Waals surface area contributed by atoms with E-state index in [1.165, 1.54) is 28.0 Å². The molecule has 2 rings (SSSR count). The highest BCUT2D eigenvalue weighted by Gasteiger charge is 2.07. The fraction of sp³-hybridized carbons (Fsp3) is 0.417. The van der Waals surface area contributed by atoms with Gasteiger partial charge in [-0.15, -0.1) is 21.5 Å². The summed E-state index contributed by atoms with van der Waals surface area (Å²) in [4.78, 5) is 12.7. The van der Waals surface area contributed by atoms with E-state index in [9.17, 15) is 4.79 Å². The molecular formula is C12H16N4OS3. The van der Waals surface area contributed by atoms with Crippen molar-refractivity contribution in [1.82, 2.24) is 15.5 Å². The van der Waals surface area contributed by atoms with Crippen LogP contribution in [0.25, 0.3) is 0 Å². The summed E-state index contributed by atoms with van der Waals surface area (Å²) < 4.78 is 0.815. The number of nitrogens with one attached hydrogen (secondary N) is 2. The molecule has 8 heteroatoms. The normalized spacial score (nSPS) is 10.4. The van der Waals surface area contributed by atoms with Gasteiger partial charge in [0.25, 0.3) is 0 Å². The van der Waals surface area contributed by atoms with Crippen molar-refractivity contribution in [3.05, 3.63) is 22.4 Å². The Labute approximate surface area is 130 Å². The summed E-state index contributed by atoms with van der Waals surface area (Å²) in [6.07, 6.45) is 0.985. The number of nitrogens with zero attached hydrogens (tertiary/aromatic N) is 2. The van der Waals surface area contributed by atoms with Gasteiger partial charge in [0.2, 0.25) is 11.0 Å². The summed E-state index contributed by atoms with van der Waals surface area (Å²) >= 11 is 4.66. The molecule has 2 heterocycles. The number of carbonyl (C=O) groups is 1. The number of anilines is 1.